The first-order valence-corrected chi connectivity index (χ1v) is 7.03. The molecule has 0 atom stereocenters. The lowest BCUT2D eigenvalue weighted by Gasteiger charge is -2.37. The maximum Gasteiger partial charge on any atom is 0.126 e. The molecular weight excluding hydrogens is 238 g/mol. The quantitative estimate of drug-likeness (QED) is 0.877. The number of anilines is 2. The second-order valence-corrected chi connectivity index (χ2v) is 6.15. The highest BCUT2D eigenvalue weighted by Crippen LogP contribution is 2.34. The van der Waals surface area contributed by atoms with Crippen LogP contribution in [0.2, 0.25) is 0 Å². The van der Waals surface area contributed by atoms with Gasteiger partial charge in [-0.3, -0.25) is 0 Å². The number of nitrogens with two attached hydrogens (primary N) is 1. The number of rotatable bonds is 4. The van der Waals surface area contributed by atoms with Crippen LogP contribution in [0.5, 0.6) is 0 Å². The molecular formula is C15H25N3O. The van der Waals surface area contributed by atoms with E-state index in [2.05, 4.69) is 24.1 Å². The van der Waals surface area contributed by atoms with Gasteiger partial charge in [-0.05, 0) is 42.7 Å². The van der Waals surface area contributed by atoms with Crippen molar-refractivity contribution in [3.8, 4) is 0 Å². The van der Waals surface area contributed by atoms with Crippen molar-refractivity contribution in [2.45, 2.75) is 33.6 Å². The first kappa shape index (κ1) is 14.1. The molecule has 1 saturated heterocycles. The molecule has 2 rings (SSSR count). The zero-order chi connectivity index (χ0) is 13.9. The minimum Gasteiger partial charge on any atom is -0.397 e. The normalized spacial score (nSPS) is 17.4. The average Bonchev–Trinajstić information content (AvgIpc) is 2.41. The molecule has 1 aliphatic heterocycles. The summed E-state index contributed by atoms with van der Waals surface area (Å²) in [5.41, 5.74) is 7.85. The summed E-state index contributed by atoms with van der Waals surface area (Å²) in [5.74, 6) is 1.62. The molecule has 0 saturated carbocycles. The van der Waals surface area contributed by atoms with Gasteiger partial charge >= 0.3 is 0 Å². The summed E-state index contributed by atoms with van der Waals surface area (Å²) in [7, 11) is 0. The van der Waals surface area contributed by atoms with Crippen LogP contribution in [-0.2, 0) is 4.74 Å². The molecule has 1 aliphatic rings. The van der Waals surface area contributed by atoms with Crippen molar-refractivity contribution in [3.05, 3.63) is 17.8 Å². The molecule has 106 valence electrons. The van der Waals surface area contributed by atoms with Gasteiger partial charge in [0.1, 0.15) is 5.82 Å². The number of ether oxygens (including phenoxy) is 1. The molecule has 2 heterocycles. The zero-order valence-electron chi connectivity index (χ0n) is 12.2. The number of aromatic nitrogens is 1. The summed E-state index contributed by atoms with van der Waals surface area (Å²) >= 11 is 0. The molecule has 3 N–H and O–H groups in total. The van der Waals surface area contributed by atoms with Gasteiger partial charge in [0, 0.05) is 19.8 Å². The third kappa shape index (κ3) is 3.60. The first-order chi connectivity index (χ1) is 8.99. The van der Waals surface area contributed by atoms with Crippen molar-refractivity contribution in [1.29, 1.82) is 0 Å². The average molecular weight is 263 g/mol. The highest BCUT2D eigenvalue weighted by Gasteiger charge is 2.30. The fourth-order valence-electron chi connectivity index (χ4n) is 2.61. The van der Waals surface area contributed by atoms with Crippen LogP contribution in [0, 0.1) is 18.3 Å². The van der Waals surface area contributed by atoms with Gasteiger partial charge < -0.3 is 15.8 Å². The summed E-state index contributed by atoms with van der Waals surface area (Å²) in [6.07, 6.45) is 4.03. The topological polar surface area (TPSA) is 60.2 Å². The molecule has 1 fully saturated rings. The molecule has 19 heavy (non-hydrogen) atoms. The van der Waals surface area contributed by atoms with Gasteiger partial charge in [-0.2, -0.15) is 0 Å². The van der Waals surface area contributed by atoms with Crippen molar-refractivity contribution < 1.29 is 4.74 Å². The fourth-order valence-corrected chi connectivity index (χ4v) is 2.61. The molecule has 4 nitrogen and oxygen atoms in total. The van der Waals surface area contributed by atoms with Crippen LogP contribution in [0.15, 0.2) is 12.3 Å². The molecule has 0 unspecified atom stereocenters. The van der Waals surface area contributed by atoms with Crippen LogP contribution in [0.25, 0.3) is 0 Å². The van der Waals surface area contributed by atoms with Crippen LogP contribution in [0.3, 0.4) is 0 Å². The molecule has 0 radical (unpaired) electrons. The maximum atomic E-state index is 5.78. The molecule has 0 aromatic carbocycles. The molecule has 1 aromatic heterocycles. The Hall–Kier alpha value is -1.29. The van der Waals surface area contributed by atoms with Crippen molar-refractivity contribution in [1.82, 2.24) is 4.98 Å². The molecule has 0 amide bonds. The van der Waals surface area contributed by atoms with Gasteiger partial charge in [-0.25, -0.2) is 4.98 Å². The number of pyridine rings is 1. The van der Waals surface area contributed by atoms with Crippen LogP contribution in [0.4, 0.5) is 11.5 Å². The SMILES string of the molecule is Cc1cc(NCC(C)(C)C2CCOCC2)ncc1N. The van der Waals surface area contributed by atoms with E-state index in [4.69, 9.17) is 10.5 Å². The van der Waals surface area contributed by atoms with Crippen molar-refractivity contribution in [2.75, 3.05) is 30.8 Å². The third-order valence-electron chi connectivity index (χ3n) is 4.20. The predicted molar refractivity (Wildman–Crippen MR) is 79.2 cm³/mol. The van der Waals surface area contributed by atoms with Gasteiger partial charge in [0.2, 0.25) is 0 Å². The summed E-state index contributed by atoms with van der Waals surface area (Å²) in [6, 6.07) is 2.01. The summed E-state index contributed by atoms with van der Waals surface area (Å²) in [4.78, 5) is 4.33. The zero-order valence-corrected chi connectivity index (χ0v) is 12.2. The fraction of sp³-hybridized carbons (Fsp3) is 0.667. The van der Waals surface area contributed by atoms with E-state index in [-0.39, 0.29) is 5.41 Å². The smallest absolute Gasteiger partial charge is 0.126 e. The minimum atomic E-state index is 0.251. The number of nitrogens with zero attached hydrogens (tertiary/aromatic N) is 1. The summed E-state index contributed by atoms with van der Waals surface area (Å²) in [6.45, 7) is 9.36. The number of hydrogen-bond donors (Lipinski definition) is 2. The lowest BCUT2D eigenvalue weighted by atomic mass is 9.74. The van der Waals surface area contributed by atoms with Gasteiger partial charge in [0.05, 0.1) is 11.9 Å². The van der Waals surface area contributed by atoms with E-state index in [1.165, 1.54) is 0 Å². The van der Waals surface area contributed by atoms with Crippen LogP contribution in [-0.4, -0.2) is 24.7 Å². The summed E-state index contributed by atoms with van der Waals surface area (Å²) < 4.78 is 5.44. The number of nitrogens with one attached hydrogen (secondary N) is 1. The van der Waals surface area contributed by atoms with E-state index >= 15 is 0 Å². The predicted octanol–water partition coefficient (Wildman–Crippen LogP) is 2.84. The lowest BCUT2D eigenvalue weighted by Crippen LogP contribution is -2.35. The van der Waals surface area contributed by atoms with Crippen LogP contribution in [0.1, 0.15) is 32.3 Å². The number of aryl methyl sites for hydroxylation is 1. The van der Waals surface area contributed by atoms with E-state index < -0.39 is 0 Å². The van der Waals surface area contributed by atoms with E-state index in [0.717, 1.165) is 49.7 Å². The number of nitrogen functional groups attached to an aromatic ring is 1. The Balaban J connectivity index is 1.94. The van der Waals surface area contributed by atoms with Crippen molar-refractivity contribution in [2.24, 2.45) is 11.3 Å². The van der Waals surface area contributed by atoms with Crippen LogP contribution >= 0.6 is 0 Å². The highest BCUT2D eigenvalue weighted by atomic mass is 16.5. The van der Waals surface area contributed by atoms with Crippen molar-refractivity contribution >= 4 is 11.5 Å². The maximum absolute atomic E-state index is 5.78. The Morgan fingerprint density at radius 1 is 1.42 bits per heavy atom. The van der Waals surface area contributed by atoms with E-state index in [1.54, 1.807) is 6.20 Å². The Labute approximate surface area is 115 Å². The second kappa shape index (κ2) is 5.78. The molecule has 0 spiro atoms. The molecule has 1 aromatic rings. The largest absolute Gasteiger partial charge is 0.397 e. The lowest BCUT2D eigenvalue weighted by molar-refractivity contribution is 0.0268. The second-order valence-electron chi connectivity index (χ2n) is 6.15. The Kier molecular flexibility index (Phi) is 4.30. The molecule has 4 heteroatoms. The molecule has 0 aliphatic carbocycles. The van der Waals surface area contributed by atoms with Gasteiger partial charge in [0.15, 0.2) is 0 Å². The Bertz CT molecular complexity index is 425. The van der Waals surface area contributed by atoms with Gasteiger partial charge in [-0.15, -0.1) is 0 Å². The summed E-state index contributed by atoms with van der Waals surface area (Å²) in [5, 5.41) is 3.44. The van der Waals surface area contributed by atoms with E-state index in [1.807, 2.05) is 13.0 Å². The van der Waals surface area contributed by atoms with Gasteiger partial charge in [-0.1, -0.05) is 13.8 Å². The Morgan fingerprint density at radius 2 is 2.11 bits per heavy atom. The minimum absolute atomic E-state index is 0.251. The standard InChI is InChI=1S/C15H25N3O/c1-11-8-14(17-9-13(11)16)18-10-15(2,3)12-4-6-19-7-5-12/h8-9,12H,4-7,10,16H2,1-3H3,(H,17,18). The first-order valence-electron chi connectivity index (χ1n) is 7.03. The monoisotopic (exact) mass is 263 g/mol. The Morgan fingerprint density at radius 3 is 2.74 bits per heavy atom. The van der Waals surface area contributed by atoms with E-state index in [9.17, 15) is 0 Å². The van der Waals surface area contributed by atoms with Crippen molar-refractivity contribution in [3.63, 3.8) is 0 Å². The number of hydrogen-bond acceptors (Lipinski definition) is 4. The molecule has 0 bridgehead atoms. The van der Waals surface area contributed by atoms with Crippen LogP contribution < -0.4 is 11.1 Å². The highest BCUT2D eigenvalue weighted by molar-refractivity contribution is 5.50. The van der Waals surface area contributed by atoms with Gasteiger partial charge in [0.25, 0.3) is 0 Å². The third-order valence-corrected chi connectivity index (χ3v) is 4.20. The van der Waals surface area contributed by atoms with E-state index in [0.29, 0.717) is 5.92 Å².